The van der Waals surface area contributed by atoms with Crippen LogP contribution in [-0.4, -0.2) is 28.8 Å². The van der Waals surface area contributed by atoms with E-state index in [0.717, 1.165) is 5.56 Å². The first-order valence-electron chi connectivity index (χ1n) is 8.05. The van der Waals surface area contributed by atoms with E-state index >= 15 is 0 Å². The molecule has 2 heterocycles. The minimum atomic E-state index is -0.547. The van der Waals surface area contributed by atoms with Crippen molar-refractivity contribution in [2.45, 2.75) is 18.0 Å². The number of fused-ring (bicyclic) bond motifs is 1. The molecule has 0 amide bonds. The molecule has 3 rings (SSSR count). The molecule has 0 saturated heterocycles. The summed E-state index contributed by atoms with van der Waals surface area (Å²) in [6.45, 7) is 5.46. The fraction of sp³-hybridized carbons (Fsp3) is 0.211. The molecule has 0 aliphatic carbocycles. The van der Waals surface area contributed by atoms with Gasteiger partial charge < -0.3 is 15.0 Å². The van der Waals surface area contributed by atoms with Gasteiger partial charge in [-0.2, -0.15) is 0 Å². The molecule has 26 heavy (non-hydrogen) atoms. The van der Waals surface area contributed by atoms with E-state index in [1.54, 1.807) is 13.0 Å². The van der Waals surface area contributed by atoms with Gasteiger partial charge in [0, 0.05) is 11.4 Å². The number of ether oxygens (including phenoxy) is 1. The molecule has 1 aromatic heterocycles. The summed E-state index contributed by atoms with van der Waals surface area (Å²) in [4.78, 5) is 32.6. The molecule has 1 aliphatic rings. The van der Waals surface area contributed by atoms with Gasteiger partial charge in [-0.15, -0.1) is 6.58 Å². The Hall–Kier alpha value is -2.80. The van der Waals surface area contributed by atoms with Crippen molar-refractivity contribution in [3.05, 3.63) is 75.7 Å². The average molecular weight is 369 g/mol. The maximum atomic E-state index is 12.8. The molecule has 0 spiro atoms. The standard InChI is InChI=1S/C19H19N3O3S/c1-4-10-26-19-21-16-15(17(23)22-19)14(12-8-6-5-7-9-12)13(11(2)20-16)18(24)25-3/h4-9,14H,1,10H2,2-3H3,(H2,20,21,22,23)/t14-/m0/s1. The Morgan fingerprint density at radius 1 is 1.38 bits per heavy atom. The quantitative estimate of drug-likeness (QED) is 0.365. The van der Waals surface area contributed by atoms with Crippen LogP contribution in [0.2, 0.25) is 0 Å². The van der Waals surface area contributed by atoms with Gasteiger partial charge in [-0.3, -0.25) is 4.79 Å². The summed E-state index contributed by atoms with van der Waals surface area (Å²) >= 11 is 1.38. The third-order valence-electron chi connectivity index (χ3n) is 4.10. The summed E-state index contributed by atoms with van der Waals surface area (Å²) < 4.78 is 4.96. The largest absolute Gasteiger partial charge is 0.466 e. The van der Waals surface area contributed by atoms with Gasteiger partial charge in [0.2, 0.25) is 0 Å². The predicted molar refractivity (Wildman–Crippen MR) is 102 cm³/mol. The third-order valence-corrected chi connectivity index (χ3v) is 4.97. The Bertz CT molecular complexity index is 935. The van der Waals surface area contributed by atoms with Crippen LogP contribution < -0.4 is 10.9 Å². The lowest BCUT2D eigenvalue weighted by Crippen LogP contribution is -2.30. The Morgan fingerprint density at radius 2 is 2.12 bits per heavy atom. The number of nitrogens with zero attached hydrogens (tertiary/aromatic N) is 1. The molecule has 1 aliphatic heterocycles. The van der Waals surface area contributed by atoms with Gasteiger partial charge in [0.05, 0.1) is 24.2 Å². The van der Waals surface area contributed by atoms with Gasteiger partial charge in [0.1, 0.15) is 5.82 Å². The van der Waals surface area contributed by atoms with Crippen LogP contribution >= 0.6 is 11.8 Å². The summed E-state index contributed by atoms with van der Waals surface area (Å²) in [5.74, 6) is 0.0689. The summed E-state index contributed by atoms with van der Waals surface area (Å²) in [6.07, 6.45) is 1.74. The Labute approximate surface area is 155 Å². The lowest BCUT2D eigenvalue weighted by molar-refractivity contribution is -0.136. The summed E-state index contributed by atoms with van der Waals surface area (Å²) in [6, 6.07) is 9.40. The number of nitrogens with one attached hydrogen (secondary N) is 2. The van der Waals surface area contributed by atoms with E-state index in [1.807, 2.05) is 30.3 Å². The summed E-state index contributed by atoms with van der Waals surface area (Å²) in [5.41, 5.74) is 1.98. The molecule has 0 unspecified atom stereocenters. The zero-order valence-corrected chi connectivity index (χ0v) is 15.4. The summed E-state index contributed by atoms with van der Waals surface area (Å²) in [7, 11) is 1.33. The zero-order chi connectivity index (χ0) is 18.7. The lowest BCUT2D eigenvalue weighted by atomic mass is 9.82. The molecule has 134 valence electrons. The van der Waals surface area contributed by atoms with Crippen molar-refractivity contribution >= 4 is 23.5 Å². The van der Waals surface area contributed by atoms with Crippen LogP contribution in [0.4, 0.5) is 5.82 Å². The van der Waals surface area contributed by atoms with Gasteiger partial charge in [-0.05, 0) is 12.5 Å². The molecule has 2 N–H and O–H groups in total. The normalized spacial score (nSPS) is 15.8. The summed E-state index contributed by atoms with van der Waals surface area (Å²) in [5, 5.41) is 3.59. The molecule has 0 radical (unpaired) electrons. The second kappa shape index (κ2) is 7.61. The van der Waals surface area contributed by atoms with Crippen LogP contribution in [-0.2, 0) is 9.53 Å². The number of carbonyl (C=O) groups excluding carboxylic acids is 1. The van der Waals surface area contributed by atoms with E-state index < -0.39 is 11.9 Å². The number of anilines is 1. The Kier molecular flexibility index (Phi) is 5.27. The number of rotatable bonds is 5. The highest BCUT2D eigenvalue weighted by molar-refractivity contribution is 7.99. The van der Waals surface area contributed by atoms with E-state index in [1.165, 1.54) is 18.9 Å². The van der Waals surface area contributed by atoms with Gasteiger partial charge in [0.15, 0.2) is 5.16 Å². The van der Waals surface area contributed by atoms with E-state index in [-0.39, 0.29) is 5.56 Å². The SMILES string of the molecule is C=CCSc1nc2c(c(=O)[nH]1)[C@@H](c1ccccc1)C(C(=O)OC)=C(C)N2. The third kappa shape index (κ3) is 3.30. The van der Waals surface area contributed by atoms with Gasteiger partial charge >= 0.3 is 5.97 Å². The number of methoxy groups -OCH3 is 1. The van der Waals surface area contributed by atoms with E-state index in [4.69, 9.17) is 4.74 Å². The van der Waals surface area contributed by atoms with Crippen LogP contribution in [0.25, 0.3) is 0 Å². The fourth-order valence-electron chi connectivity index (χ4n) is 3.00. The zero-order valence-electron chi connectivity index (χ0n) is 14.5. The minimum Gasteiger partial charge on any atom is -0.466 e. The Balaban J connectivity index is 2.20. The van der Waals surface area contributed by atoms with Gasteiger partial charge in [-0.25, -0.2) is 9.78 Å². The molecule has 0 bridgehead atoms. The van der Waals surface area contributed by atoms with Crippen LogP contribution in [0.5, 0.6) is 0 Å². The number of H-pyrrole nitrogens is 1. The fourth-order valence-corrected chi connectivity index (χ4v) is 3.59. The van der Waals surface area contributed by atoms with Crippen molar-refractivity contribution in [1.82, 2.24) is 9.97 Å². The van der Waals surface area contributed by atoms with E-state index in [9.17, 15) is 9.59 Å². The number of carbonyl (C=O) groups is 1. The number of esters is 1. The lowest BCUT2D eigenvalue weighted by Gasteiger charge is -2.28. The topological polar surface area (TPSA) is 84.1 Å². The van der Waals surface area contributed by atoms with Crippen molar-refractivity contribution in [1.29, 1.82) is 0 Å². The van der Waals surface area contributed by atoms with E-state index in [0.29, 0.717) is 33.6 Å². The van der Waals surface area contributed by atoms with Crippen molar-refractivity contribution in [2.24, 2.45) is 0 Å². The number of hydrogen-bond donors (Lipinski definition) is 2. The molecule has 1 atom stereocenters. The number of thioether (sulfide) groups is 1. The van der Waals surface area contributed by atoms with E-state index in [2.05, 4.69) is 21.9 Å². The average Bonchev–Trinajstić information content (AvgIpc) is 2.65. The number of allylic oxidation sites excluding steroid dienone is 1. The second-order valence-electron chi connectivity index (χ2n) is 5.73. The first-order valence-corrected chi connectivity index (χ1v) is 9.04. The van der Waals surface area contributed by atoms with Gasteiger partial charge in [-0.1, -0.05) is 48.2 Å². The first kappa shape index (κ1) is 18.0. The molecule has 6 nitrogen and oxygen atoms in total. The molecular formula is C19H19N3O3S. The molecule has 1 aromatic carbocycles. The van der Waals surface area contributed by atoms with Crippen LogP contribution in [0.15, 0.2) is 64.2 Å². The van der Waals surface area contributed by atoms with Crippen molar-refractivity contribution in [2.75, 3.05) is 18.2 Å². The van der Waals surface area contributed by atoms with Gasteiger partial charge in [0.25, 0.3) is 5.56 Å². The molecular weight excluding hydrogens is 350 g/mol. The monoisotopic (exact) mass is 369 g/mol. The van der Waals surface area contributed by atoms with Crippen LogP contribution in [0, 0.1) is 0 Å². The number of benzene rings is 1. The highest BCUT2D eigenvalue weighted by atomic mass is 32.2. The smallest absolute Gasteiger partial charge is 0.336 e. The number of hydrogen-bond acceptors (Lipinski definition) is 6. The van der Waals surface area contributed by atoms with Crippen molar-refractivity contribution < 1.29 is 9.53 Å². The molecule has 7 heteroatoms. The minimum absolute atomic E-state index is 0.281. The number of aromatic nitrogens is 2. The second-order valence-corrected chi connectivity index (χ2v) is 6.74. The number of aromatic amines is 1. The predicted octanol–water partition coefficient (Wildman–Crippen LogP) is 3.05. The molecule has 0 fully saturated rings. The highest BCUT2D eigenvalue weighted by Gasteiger charge is 2.36. The van der Waals surface area contributed by atoms with Crippen molar-refractivity contribution in [3.8, 4) is 0 Å². The maximum Gasteiger partial charge on any atom is 0.336 e. The van der Waals surface area contributed by atoms with Crippen LogP contribution in [0.1, 0.15) is 24.0 Å². The molecule has 0 saturated carbocycles. The maximum absolute atomic E-state index is 12.8. The first-order chi connectivity index (χ1) is 12.6. The Morgan fingerprint density at radius 3 is 2.77 bits per heavy atom. The molecule has 2 aromatic rings. The highest BCUT2D eigenvalue weighted by Crippen LogP contribution is 2.39. The van der Waals surface area contributed by atoms with Crippen molar-refractivity contribution in [3.63, 3.8) is 0 Å². The van der Waals surface area contributed by atoms with Crippen LogP contribution in [0.3, 0.4) is 0 Å².